The van der Waals surface area contributed by atoms with Gasteiger partial charge in [-0.3, -0.25) is 4.90 Å². The van der Waals surface area contributed by atoms with Crippen molar-refractivity contribution in [2.45, 2.75) is 52.0 Å². The van der Waals surface area contributed by atoms with Gasteiger partial charge in [-0.25, -0.2) is 0 Å². The molecule has 1 fully saturated rings. The Balaban J connectivity index is 1.91. The van der Waals surface area contributed by atoms with Gasteiger partial charge in [0.05, 0.1) is 0 Å². The molecule has 0 spiro atoms. The van der Waals surface area contributed by atoms with Gasteiger partial charge in [0, 0.05) is 12.1 Å². The smallest absolute Gasteiger partial charge is 0.0306 e. The molecule has 2 rings (SSSR count). The van der Waals surface area contributed by atoms with Crippen molar-refractivity contribution in [2.24, 2.45) is 17.6 Å². The van der Waals surface area contributed by atoms with E-state index >= 15 is 0 Å². The molecule has 1 atom stereocenters. The molecule has 1 saturated heterocycles. The molecule has 1 heterocycles. The third-order valence-corrected chi connectivity index (χ3v) is 5.48. The zero-order valence-electron chi connectivity index (χ0n) is 14.0. The lowest BCUT2D eigenvalue weighted by molar-refractivity contribution is 0.0518. The van der Waals surface area contributed by atoms with Crippen molar-refractivity contribution in [3.05, 3.63) is 35.9 Å². The Morgan fingerprint density at radius 2 is 1.81 bits per heavy atom. The maximum absolute atomic E-state index is 6.15. The van der Waals surface area contributed by atoms with Gasteiger partial charge in [-0.15, -0.1) is 0 Å². The van der Waals surface area contributed by atoms with Crippen molar-refractivity contribution < 1.29 is 0 Å². The van der Waals surface area contributed by atoms with Crippen LogP contribution in [0.1, 0.15) is 45.6 Å². The second kappa shape index (κ2) is 7.42. The van der Waals surface area contributed by atoms with E-state index in [0.29, 0.717) is 0 Å². The number of likely N-dealkylation sites (tertiary alicyclic amines) is 1. The molecule has 2 nitrogen and oxygen atoms in total. The van der Waals surface area contributed by atoms with Crippen LogP contribution in [0.25, 0.3) is 0 Å². The molecule has 0 saturated carbocycles. The van der Waals surface area contributed by atoms with Crippen LogP contribution < -0.4 is 5.73 Å². The Morgan fingerprint density at radius 3 is 2.33 bits per heavy atom. The topological polar surface area (TPSA) is 29.3 Å². The third kappa shape index (κ3) is 4.31. The summed E-state index contributed by atoms with van der Waals surface area (Å²) in [6, 6.07) is 10.8. The van der Waals surface area contributed by atoms with Crippen LogP contribution in [0.5, 0.6) is 0 Å². The molecule has 0 amide bonds. The fourth-order valence-electron chi connectivity index (χ4n) is 3.55. The summed E-state index contributed by atoms with van der Waals surface area (Å²) in [6.45, 7) is 10.3. The summed E-state index contributed by atoms with van der Waals surface area (Å²) in [4.78, 5) is 2.65. The Labute approximate surface area is 130 Å². The summed E-state index contributed by atoms with van der Waals surface area (Å²) in [6.07, 6.45) is 4.94. The molecule has 118 valence electrons. The minimum absolute atomic E-state index is 0.151. The second-order valence-electron chi connectivity index (χ2n) is 7.26. The lowest BCUT2D eigenvalue weighted by atomic mass is 9.83. The largest absolute Gasteiger partial charge is 0.329 e. The molecular weight excluding hydrogens is 256 g/mol. The van der Waals surface area contributed by atoms with Crippen LogP contribution in [0.2, 0.25) is 0 Å². The quantitative estimate of drug-likeness (QED) is 0.864. The Morgan fingerprint density at radius 1 is 1.19 bits per heavy atom. The average Bonchev–Trinajstić information content (AvgIpc) is 2.53. The highest BCUT2D eigenvalue weighted by molar-refractivity contribution is 5.15. The minimum Gasteiger partial charge on any atom is -0.329 e. The van der Waals surface area contributed by atoms with Gasteiger partial charge >= 0.3 is 0 Å². The zero-order valence-corrected chi connectivity index (χ0v) is 14.0. The van der Waals surface area contributed by atoms with Gasteiger partial charge in [-0.05, 0) is 63.1 Å². The number of rotatable bonds is 6. The van der Waals surface area contributed by atoms with Crippen molar-refractivity contribution in [1.29, 1.82) is 0 Å². The van der Waals surface area contributed by atoms with Gasteiger partial charge in [0.2, 0.25) is 0 Å². The van der Waals surface area contributed by atoms with E-state index in [2.05, 4.69) is 56.0 Å². The zero-order chi connectivity index (χ0) is 15.3. The van der Waals surface area contributed by atoms with Crippen LogP contribution in [-0.2, 0) is 6.42 Å². The first-order valence-corrected chi connectivity index (χ1v) is 8.54. The Kier molecular flexibility index (Phi) is 5.83. The first kappa shape index (κ1) is 16.5. The monoisotopic (exact) mass is 288 g/mol. The van der Waals surface area contributed by atoms with Crippen LogP contribution in [0.15, 0.2) is 30.3 Å². The molecule has 0 bridgehead atoms. The van der Waals surface area contributed by atoms with Crippen molar-refractivity contribution in [1.82, 2.24) is 4.90 Å². The number of hydrogen-bond donors (Lipinski definition) is 1. The molecule has 1 aromatic rings. The van der Waals surface area contributed by atoms with Crippen molar-refractivity contribution >= 4 is 0 Å². The predicted molar refractivity (Wildman–Crippen MR) is 91.4 cm³/mol. The van der Waals surface area contributed by atoms with E-state index in [4.69, 9.17) is 5.73 Å². The summed E-state index contributed by atoms with van der Waals surface area (Å²) in [7, 11) is 0. The highest BCUT2D eigenvalue weighted by Gasteiger charge is 2.33. The van der Waals surface area contributed by atoms with Crippen LogP contribution in [0.4, 0.5) is 0 Å². The van der Waals surface area contributed by atoms with Crippen LogP contribution in [0.3, 0.4) is 0 Å². The fourth-order valence-corrected chi connectivity index (χ4v) is 3.55. The lowest BCUT2D eigenvalue weighted by Gasteiger charge is -2.45. The highest BCUT2D eigenvalue weighted by Crippen LogP contribution is 2.30. The highest BCUT2D eigenvalue weighted by atomic mass is 15.2. The van der Waals surface area contributed by atoms with Gasteiger partial charge in [-0.2, -0.15) is 0 Å². The summed E-state index contributed by atoms with van der Waals surface area (Å²) < 4.78 is 0. The minimum atomic E-state index is 0.151. The molecule has 0 radical (unpaired) electrons. The number of benzene rings is 1. The molecule has 21 heavy (non-hydrogen) atoms. The van der Waals surface area contributed by atoms with E-state index in [1.165, 1.54) is 31.5 Å². The van der Waals surface area contributed by atoms with Gasteiger partial charge in [0.15, 0.2) is 0 Å². The normalized spacial score (nSPS) is 20.6. The van der Waals surface area contributed by atoms with E-state index in [-0.39, 0.29) is 5.54 Å². The van der Waals surface area contributed by atoms with Crippen LogP contribution >= 0.6 is 0 Å². The average molecular weight is 288 g/mol. The number of hydrogen-bond acceptors (Lipinski definition) is 2. The van der Waals surface area contributed by atoms with Gasteiger partial charge in [0.1, 0.15) is 0 Å². The molecule has 1 aromatic carbocycles. The lowest BCUT2D eigenvalue weighted by Crippen LogP contribution is -2.55. The molecule has 1 aliphatic rings. The molecule has 1 aliphatic heterocycles. The third-order valence-electron chi connectivity index (χ3n) is 5.48. The number of nitrogens with zero attached hydrogens (tertiary/aromatic N) is 1. The predicted octanol–water partition coefficient (Wildman–Crippen LogP) is 3.70. The molecule has 0 aromatic heterocycles. The number of aryl methyl sites for hydroxylation is 1. The fraction of sp³-hybridized carbons (Fsp3) is 0.684. The molecule has 0 aliphatic carbocycles. The SMILES string of the molecule is CC(C)C1CCN(C(C)(CN)CCc2ccccc2)CC1. The van der Waals surface area contributed by atoms with Crippen molar-refractivity contribution in [2.75, 3.05) is 19.6 Å². The van der Waals surface area contributed by atoms with E-state index in [0.717, 1.165) is 31.2 Å². The van der Waals surface area contributed by atoms with E-state index in [1.54, 1.807) is 0 Å². The Bertz CT molecular complexity index is 407. The Hall–Kier alpha value is -0.860. The number of piperidine rings is 1. The maximum Gasteiger partial charge on any atom is 0.0306 e. The molecule has 2 N–H and O–H groups in total. The van der Waals surface area contributed by atoms with E-state index in [1.807, 2.05) is 0 Å². The van der Waals surface area contributed by atoms with Crippen molar-refractivity contribution in [3.63, 3.8) is 0 Å². The first-order chi connectivity index (χ1) is 10.0. The van der Waals surface area contributed by atoms with Crippen LogP contribution in [0, 0.1) is 11.8 Å². The summed E-state index contributed by atoms with van der Waals surface area (Å²) in [5.74, 6) is 1.72. The number of nitrogens with two attached hydrogens (primary N) is 1. The first-order valence-electron chi connectivity index (χ1n) is 8.54. The van der Waals surface area contributed by atoms with E-state index in [9.17, 15) is 0 Å². The van der Waals surface area contributed by atoms with Crippen LogP contribution in [-0.4, -0.2) is 30.1 Å². The van der Waals surface area contributed by atoms with Gasteiger partial charge in [-0.1, -0.05) is 44.2 Å². The summed E-state index contributed by atoms with van der Waals surface area (Å²) in [5.41, 5.74) is 7.73. The summed E-state index contributed by atoms with van der Waals surface area (Å²) in [5, 5.41) is 0. The van der Waals surface area contributed by atoms with Gasteiger partial charge in [0.25, 0.3) is 0 Å². The van der Waals surface area contributed by atoms with Crippen molar-refractivity contribution in [3.8, 4) is 0 Å². The molecular formula is C19H32N2. The van der Waals surface area contributed by atoms with Gasteiger partial charge < -0.3 is 5.73 Å². The molecule has 2 heteroatoms. The maximum atomic E-state index is 6.15. The molecule has 1 unspecified atom stereocenters. The second-order valence-corrected chi connectivity index (χ2v) is 7.26. The standard InChI is InChI=1S/C19H32N2/c1-16(2)18-10-13-21(14-11-18)19(3,15-20)12-9-17-7-5-4-6-8-17/h4-8,16,18H,9-15,20H2,1-3H3. The summed E-state index contributed by atoms with van der Waals surface area (Å²) >= 11 is 0. The van der Waals surface area contributed by atoms with E-state index < -0.39 is 0 Å².